The second-order valence-electron chi connectivity index (χ2n) is 5.59. The van der Waals surface area contributed by atoms with Crippen molar-refractivity contribution in [1.82, 2.24) is 4.90 Å². The lowest BCUT2D eigenvalue weighted by Crippen LogP contribution is -2.37. The second-order valence-corrected chi connectivity index (χ2v) is 5.59. The molecule has 0 spiro atoms. The normalized spacial score (nSPS) is 18.5. The molecule has 0 atom stereocenters. The zero-order valence-electron chi connectivity index (χ0n) is 11.3. The van der Waals surface area contributed by atoms with Gasteiger partial charge in [-0.25, -0.2) is 0 Å². The summed E-state index contributed by atoms with van der Waals surface area (Å²) in [5, 5.41) is 10.8. The van der Waals surface area contributed by atoms with E-state index in [0.717, 1.165) is 18.7 Å². The zero-order valence-corrected chi connectivity index (χ0v) is 11.3. The van der Waals surface area contributed by atoms with Crippen molar-refractivity contribution in [3.8, 4) is 0 Å². The van der Waals surface area contributed by atoms with Crippen LogP contribution >= 0.6 is 0 Å². The second kappa shape index (κ2) is 5.14. The van der Waals surface area contributed by atoms with Gasteiger partial charge < -0.3 is 5.43 Å². The Hall–Kier alpha value is -1.66. The van der Waals surface area contributed by atoms with Gasteiger partial charge in [0.25, 0.3) is 5.69 Å². The number of likely N-dealkylation sites (tertiary alicyclic amines) is 1. The van der Waals surface area contributed by atoms with Gasteiger partial charge in [-0.05, 0) is 44.9 Å². The topological polar surface area (TPSA) is 84.4 Å². The number of benzene rings is 1. The van der Waals surface area contributed by atoms with Crippen molar-refractivity contribution >= 4 is 11.4 Å². The van der Waals surface area contributed by atoms with E-state index in [2.05, 4.69) is 24.2 Å². The third kappa shape index (κ3) is 2.85. The van der Waals surface area contributed by atoms with Crippen molar-refractivity contribution in [1.29, 1.82) is 0 Å². The van der Waals surface area contributed by atoms with Crippen molar-refractivity contribution < 1.29 is 4.92 Å². The highest BCUT2D eigenvalue weighted by molar-refractivity contribution is 5.62. The number of nitro benzene ring substituents is 1. The Morgan fingerprint density at radius 2 is 2.26 bits per heavy atom. The highest BCUT2D eigenvalue weighted by atomic mass is 16.6. The lowest BCUT2D eigenvalue weighted by atomic mass is 10.0. The molecule has 1 aliphatic rings. The molecule has 1 saturated heterocycles. The minimum absolute atomic E-state index is 0.00642. The maximum absolute atomic E-state index is 10.8. The molecule has 6 heteroatoms. The molecule has 0 radical (unpaired) electrons. The maximum atomic E-state index is 10.8. The lowest BCUT2D eigenvalue weighted by molar-refractivity contribution is -0.384. The van der Waals surface area contributed by atoms with Crippen LogP contribution in [0.25, 0.3) is 0 Å². The molecule has 1 aromatic carbocycles. The molecular formula is C13H20N4O2. The van der Waals surface area contributed by atoms with Crippen molar-refractivity contribution in [2.75, 3.05) is 12.0 Å². The van der Waals surface area contributed by atoms with Crippen LogP contribution in [0, 0.1) is 10.1 Å². The van der Waals surface area contributed by atoms with Gasteiger partial charge in [0.1, 0.15) is 5.69 Å². The largest absolute Gasteiger partial charge is 0.318 e. The summed E-state index contributed by atoms with van der Waals surface area (Å²) in [6.07, 6.45) is 2.38. The summed E-state index contributed by atoms with van der Waals surface area (Å²) < 4.78 is 0. The summed E-state index contributed by atoms with van der Waals surface area (Å²) in [5.41, 5.74) is 4.00. The molecule has 19 heavy (non-hydrogen) atoms. The van der Waals surface area contributed by atoms with E-state index in [-0.39, 0.29) is 11.2 Å². The molecule has 1 aromatic rings. The van der Waals surface area contributed by atoms with Gasteiger partial charge in [0, 0.05) is 18.2 Å². The molecule has 6 nitrogen and oxygen atoms in total. The molecule has 0 unspecified atom stereocenters. The Morgan fingerprint density at radius 1 is 1.53 bits per heavy atom. The van der Waals surface area contributed by atoms with Crippen LogP contribution in [0.3, 0.4) is 0 Å². The number of nitro groups is 1. The minimum atomic E-state index is -0.432. The number of nitrogens with one attached hydrogen (secondary N) is 1. The third-order valence-corrected chi connectivity index (χ3v) is 3.86. The Labute approximate surface area is 112 Å². The standard InChI is InChI=1S/C13H20N4O2/c1-13(2)6-3-7-16(13)9-10-4-5-12(17(18)19)11(8-10)15-14/h4-5,8,15H,3,6-7,9,14H2,1-2H3. The average molecular weight is 264 g/mol. The SMILES string of the molecule is CC1(C)CCCN1Cc1ccc([N+](=O)[O-])c(NN)c1. The summed E-state index contributed by atoms with van der Waals surface area (Å²) in [7, 11) is 0. The number of anilines is 1. The van der Waals surface area contributed by atoms with Crippen molar-refractivity contribution in [2.24, 2.45) is 5.84 Å². The van der Waals surface area contributed by atoms with Crippen molar-refractivity contribution in [3.63, 3.8) is 0 Å². The Kier molecular flexibility index (Phi) is 3.73. The van der Waals surface area contributed by atoms with Crippen molar-refractivity contribution in [3.05, 3.63) is 33.9 Å². The first-order valence-corrected chi connectivity index (χ1v) is 6.43. The highest BCUT2D eigenvalue weighted by Crippen LogP contribution is 2.31. The van der Waals surface area contributed by atoms with Gasteiger partial charge in [-0.1, -0.05) is 6.07 Å². The molecule has 0 aliphatic carbocycles. The van der Waals surface area contributed by atoms with Gasteiger partial charge in [-0.3, -0.25) is 20.9 Å². The molecule has 0 amide bonds. The number of nitrogen functional groups attached to an aromatic ring is 1. The molecule has 1 fully saturated rings. The molecule has 0 bridgehead atoms. The summed E-state index contributed by atoms with van der Waals surface area (Å²) in [6.45, 7) is 6.32. The molecule has 1 aliphatic heterocycles. The van der Waals surface area contributed by atoms with Gasteiger partial charge in [-0.2, -0.15) is 0 Å². The Balaban J connectivity index is 2.20. The van der Waals surface area contributed by atoms with E-state index in [1.54, 1.807) is 12.1 Å². The van der Waals surface area contributed by atoms with Gasteiger partial charge in [0.05, 0.1) is 4.92 Å². The van der Waals surface area contributed by atoms with E-state index >= 15 is 0 Å². The van der Waals surface area contributed by atoms with Gasteiger partial charge in [0.2, 0.25) is 0 Å². The Bertz CT molecular complexity index is 488. The molecular weight excluding hydrogens is 244 g/mol. The minimum Gasteiger partial charge on any atom is -0.318 e. The van der Waals surface area contributed by atoms with Gasteiger partial charge in [-0.15, -0.1) is 0 Å². The van der Waals surface area contributed by atoms with Gasteiger partial charge in [0.15, 0.2) is 0 Å². The first-order valence-electron chi connectivity index (χ1n) is 6.43. The highest BCUT2D eigenvalue weighted by Gasteiger charge is 2.31. The number of hydrazine groups is 1. The first-order chi connectivity index (χ1) is 8.94. The monoisotopic (exact) mass is 264 g/mol. The van der Waals surface area contributed by atoms with E-state index in [4.69, 9.17) is 5.84 Å². The quantitative estimate of drug-likeness (QED) is 0.495. The van der Waals surface area contributed by atoms with E-state index in [9.17, 15) is 10.1 Å². The number of hydrogen-bond acceptors (Lipinski definition) is 5. The number of nitrogens with two attached hydrogens (primary N) is 1. The maximum Gasteiger partial charge on any atom is 0.293 e. The summed E-state index contributed by atoms with van der Waals surface area (Å²) >= 11 is 0. The zero-order chi connectivity index (χ0) is 14.0. The van der Waals surface area contributed by atoms with Crippen LogP contribution in [-0.4, -0.2) is 21.9 Å². The summed E-state index contributed by atoms with van der Waals surface area (Å²) in [6, 6.07) is 5.06. The van der Waals surface area contributed by atoms with Crippen molar-refractivity contribution in [2.45, 2.75) is 38.8 Å². The van der Waals surface area contributed by atoms with Crippen LogP contribution in [0.2, 0.25) is 0 Å². The summed E-state index contributed by atoms with van der Waals surface area (Å²) in [5.74, 6) is 5.35. The number of hydrogen-bond donors (Lipinski definition) is 2. The fraction of sp³-hybridized carbons (Fsp3) is 0.538. The molecule has 3 N–H and O–H groups in total. The fourth-order valence-corrected chi connectivity index (χ4v) is 2.63. The van der Waals surface area contributed by atoms with Crippen LogP contribution in [0.1, 0.15) is 32.3 Å². The fourth-order valence-electron chi connectivity index (χ4n) is 2.63. The van der Waals surface area contributed by atoms with Crippen LogP contribution < -0.4 is 11.3 Å². The van der Waals surface area contributed by atoms with Crippen LogP contribution in [-0.2, 0) is 6.54 Å². The third-order valence-electron chi connectivity index (χ3n) is 3.86. The van der Waals surface area contributed by atoms with Crippen LogP contribution in [0.5, 0.6) is 0 Å². The Morgan fingerprint density at radius 3 is 2.79 bits per heavy atom. The van der Waals surface area contributed by atoms with E-state index in [0.29, 0.717) is 5.69 Å². The molecule has 0 saturated carbocycles. The van der Waals surface area contributed by atoms with Crippen LogP contribution in [0.4, 0.5) is 11.4 Å². The lowest BCUT2D eigenvalue weighted by Gasteiger charge is -2.31. The predicted octanol–water partition coefficient (Wildman–Crippen LogP) is 2.25. The molecule has 1 heterocycles. The van der Waals surface area contributed by atoms with E-state index < -0.39 is 4.92 Å². The smallest absolute Gasteiger partial charge is 0.293 e. The van der Waals surface area contributed by atoms with Crippen LogP contribution in [0.15, 0.2) is 18.2 Å². The number of nitrogens with zero attached hydrogens (tertiary/aromatic N) is 2. The summed E-state index contributed by atoms with van der Waals surface area (Å²) in [4.78, 5) is 12.8. The first kappa shape index (κ1) is 13.8. The van der Waals surface area contributed by atoms with Gasteiger partial charge >= 0.3 is 0 Å². The van der Waals surface area contributed by atoms with E-state index in [1.165, 1.54) is 18.9 Å². The molecule has 104 valence electrons. The molecule has 0 aromatic heterocycles. The molecule has 2 rings (SSSR count). The van der Waals surface area contributed by atoms with E-state index in [1.807, 2.05) is 0 Å². The number of rotatable bonds is 4. The predicted molar refractivity (Wildman–Crippen MR) is 74.6 cm³/mol. The average Bonchev–Trinajstić information content (AvgIpc) is 2.68.